The number of carbonyl (C=O) groups excluding carboxylic acids is 2. The largest absolute Gasteiger partial charge is 0.481 e. The highest BCUT2D eigenvalue weighted by Gasteiger charge is 2.35. The summed E-state index contributed by atoms with van der Waals surface area (Å²) in [6.45, 7) is 1.99. The minimum Gasteiger partial charge on any atom is -0.481 e. The summed E-state index contributed by atoms with van der Waals surface area (Å²) in [6, 6.07) is 13.0. The Morgan fingerprint density at radius 2 is 1.81 bits per heavy atom. The van der Waals surface area contributed by atoms with Gasteiger partial charge in [0.15, 0.2) is 10.1 Å². The average molecular weight is 469 g/mol. The smallest absolute Gasteiger partial charge is 0.307 e. The first-order valence-electron chi connectivity index (χ1n) is 10.6. The summed E-state index contributed by atoms with van der Waals surface area (Å²) in [6.07, 6.45) is 2.86. The summed E-state index contributed by atoms with van der Waals surface area (Å²) in [7, 11) is 0. The maximum Gasteiger partial charge on any atom is 0.307 e. The Morgan fingerprint density at radius 3 is 2.53 bits per heavy atom. The summed E-state index contributed by atoms with van der Waals surface area (Å²) in [5.74, 6) is -1.89. The first-order chi connectivity index (χ1) is 15.4. The number of Topliss-reactive ketones (excluding diaryl/α,β-unsaturated/α-hetero) is 1. The van der Waals surface area contributed by atoms with Crippen molar-refractivity contribution in [3.8, 4) is 0 Å². The van der Waals surface area contributed by atoms with Gasteiger partial charge >= 0.3 is 5.97 Å². The molecule has 1 saturated carbocycles. The van der Waals surface area contributed by atoms with Crippen LogP contribution in [0.3, 0.4) is 0 Å². The summed E-state index contributed by atoms with van der Waals surface area (Å²) in [4.78, 5) is 41.2. The number of rotatable bonds is 7. The van der Waals surface area contributed by atoms with Crippen molar-refractivity contribution >= 4 is 56.7 Å². The third-order valence-electron chi connectivity index (χ3n) is 5.76. The van der Waals surface area contributed by atoms with Crippen LogP contribution in [0, 0.1) is 18.8 Å². The van der Waals surface area contributed by atoms with E-state index in [1.54, 1.807) is 6.07 Å². The number of anilines is 1. The third kappa shape index (κ3) is 5.19. The van der Waals surface area contributed by atoms with E-state index in [1.807, 2.05) is 43.3 Å². The summed E-state index contributed by atoms with van der Waals surface area (Å²) in [5, 5.41) is 12.3. The van der Waals surface area contributed by atoms with Crippen molar-refractivity contribution in [1.82, 2.24) is 4.98 Å². The van der Waals surface area contributed by atoms with Gasteiger partial charge in [0, 0.05) is 11.3 Å². The van der Waals surface area contributed by atoms with Gasteiger partial charge in [-0.25, -0.2) is 4.98 Å². The lowest BCUT2D eigenvalue weighted by Gasteiger charge is -2.27. The number of hydrogen-bond acceptors (Lipinski definition) is 6. The van der Waals surface area contributed by atoms with E-state index in [2.05, 4.69) is 10.3 Å². The molecule has 0 unspecified atom stereocenters. The summed E-state index contributed by atoms with van der Waals surface area (Å²) in [5.41, 5.74) is 3.24. The van der Waals surface area contributed by atoms with Crippen molar-refractivity contribution in [3.05, 3.63) is 53.6 Å². The highest BCUT2D eigenvalue weighted by molar-refractivity contribution is 8.01. The molecule has 0 radical (unpaired) electrons. The van der Waals surface area contributed by atoms with Crippen LogP contribution >= 0.6 is 23.1 Å². The number of hydrogen-bond donors (Lipinski definition) is 2. The summed E-state index contributed by atoms with van der Waals surface area (Å²) < 4.78 is 1.70. The standard InChI is InChI=1S/C24H24N2O4S2/c1-14-6-8-15(9-7-14)20(27)13-31-24-26-19-11-10-16(12-21(19)32-24)25-22(28)17-4-2-3-5-18(17)23(29)30/h6-12,17-18H,2-5,13H2,1H3,(H,25,28)(H,29,30)/t17-,18+/m1/s1. The second kappa shape index (κ2) is 9.83. The number of aryl methyl sites for hydroxylation is 1. The van der Waals surface area contributed by atoms with Gasteiger partial charge in [0.1, 0.15) is 0 Å². The van der Waals surface area contributed by atoms with Gasteiger partial charge in [0.25, 0.3) is 0 Å². The van der Waals surface area contributed by atoms with E-state index in [9.17, 15) is 19.5 Å². The molecule has 4 rings (SSSR count). The van der Waals surface area contributed by atoms with Crippen LogP contribution in [0.1, 0.15) is 41.6 Å². The maximum absolute atomic E-state index is 12.7. The minimum atomic E-state index is -0.899. The van der Waals surface area contributed by atoms with Crippen LogP contribution in [0.4, 0.5) is 5.69 Å². The molecule has 2 aromatic carbocycles. The monoisotopic (exact) mass is 468 g/mol. The second-order valence-corrected chi connectivity index (χ2v) is 10.3. The Bertz CT molecular complexity index is 1160. The van der Waals surface area contributed by atoms with Crippen LogP contribution in [0.5, 0.6) is 0 Å². The number of aromatic nitrogens is 1. The number of aliphatic carboxylic acids is 1. The number of ketones is 1. The van der Waals surface area contributed by atoms with Gasteiger partial charge in [-0.05, 0) is 38.0 Å². The number of benzene rings is 2. The van der Waals surface area contributed by atoms with Crippen LogP contribution in [0.15, 0.2) is 46.8 Å². The number of amides is 1. The Kier molecular flexibility index (Phi) is 6.91. The number of carboxylic acid groups (broad SMARTS) is 1. The van der Waals surface area contributed by atoms with Crippen LogP contribution in [0.2, 0.25) is 0 Å². The van der Waals surface area contributed by atoms with Crippen LogP contribution in [0.25, 0.3) is 10.2 Å². The van der Waals surface area contributed by atoms with Crippen molar-refractivity contribution in [2.45, 2.75) is 36.9 Å². The molecule has 32 heavy (non-hydrogen) atoms. The molecule has 2 N–H and O–H groups in total. The molecule has 1 fully saturated rings. The fraction of sp³-hybridized carbons (Fsp3) is 0.333. The van der Waals surface area contributed by atoms with E-state index in [0.29, 0.717) is 29.8 Å². The fourth-order valence-corrected chi connectivity index (χ4v) is 5.97. The topological polar surface area (TPSA) is 96.4 Å². The molecule has 1 aromatic heterocycles. The first kappa shape index (κ1) is 22.5. The summed E-state index contributed by atoms with van der Waals surface area (Å²) >= 11 is 2.88. The molecule has 0 bridgehead atoms. The zero-order valence-electron chi connectivity index (χ0n) is 17.7. The molecule has 0 saturated heterocycles. The van der Waals surface area contributed by atoms with E-state index in [4.69, 9.17) is 0 Å². The first-order valence-corrected chi connectivity index (χ1v) is 12.4. The van der Waals surface area contributed by atoms with E-state index in [0.717, 1.165) is 33.0 Å². The average Bonchev–Trinajstić information content (AvgIpc) is 3.20. The zero-order chi connectivity index (χ0) is 22.7. The van der Waals surface area contributed by atoms with Crippen molar-refractivity contribution in [1.29, 1.82) is 0 Å². The molecule has 1 aliphatic carbocycles. The Hall–Kier alpha value is -2.71. The zero-order valence-corrected chi connectivity index (χ0v) is 19.3. The fourth-order valence-electron chi connectivity index (χ4n) is 3.97. The number of fused-ring (bicyclic) bond motifs is 1. The molecule has 1 aliphatic rings. The maximum atomic E-state index is 12.7. The van der Waals surface area contributed by atoms with E-state index in [-0.39, 0.29) is 11.7 Å². The van der Waals surface area contributed by atoms with Gasteiger partial charge < -0.3 is 10.4 Å². The van der Waals surface area contributed by atoms with Crippen LogP contribution in [-0.2, 0) is 9.59 Å². The number of thioether (sulfide) groups is 1. The molecule has 0 spiro atoms. The number of thiazole rings is 1. The second-order valence-electron chi connectivity index (χ2n) is 8.07. The van der Waals surface area contributed by atoms with Crippen LogP contribution < -0.4 is 5.32 Å². The van der Waals surface area contributed by atoms with Gasteiger partial charge in [-0.15, -0.1) is 11.3 Å². The molecular formula is C24H24N2O4S2. The van der Waals surface area contributed by atoms with E-state index in [1.165, 1.54) is 23.1 Å². The van der Waals surface area contributed by atoms with Crippen molar-refractivity contribution in [3.63, 3.8) is 0 Å². The molecule has 166 valence electrons. The molecule has 8 heteroatoms. The number of nitrogens with one attached hydrogen (secondary N) is 1. The minimum absolute atomic E-state index is 0.0580. The quantitative estimate of drug-likeness (QED) is 0.356. The van der Waals surface area contributed by atoms with Crippen molar-refractivity contribution in [2.24, 2.45) is 11.8 Å². The SMILES string of the molecule is Cc1ccc(C(=O)CSc2nc3ccc(NC(=O)[C@@H]4CCCC[C@@H]4C(=O)O)cc3s2)cc1. The van der Waals surface area contributed by atoms with E-state index >= 15 is 0 Å². The lowest BCUT2D eigenvalue weighted by atomic mass is 9.78. The Morgan fingerprint density at radius 1 is 1.09 bits per heavy atom. The molecule has 1 heterocycles. The van der Waals surface area contributed by atoms with Gasteiger partial charge in [-0.2, -0.15) is 0 Å². The highest BCUT2D eigenvalue weighted by Crippen LogP contribution is 2.34. The lowest BCUT2D eigenvalue weighted by molar-refractivity contribution is -0.147. The third-order valence-corrected chi connectivity index (χ3v) is 7.92. The predicted octanol–water partition coefficient (Wildman–Crippen LogP) is 5.41. The van der Waals surface area contributed by atoms with Crippen molar-refractivity contribution in [2.75, 3.05) is 11.1 Å². The molecule has 1 amide bonds. The van der Waals surface area contributed by atoms with Crippen LogP contribution in [-0.4, -0.2) is 33.5 Å². The molecular weight excluding hydrogens is 444 g/mol. The highest BCUT2D eigenvalue weighted by atomic mass is 32.2. The molecule has 2 atom stereocenters. The van der Waals surface area contributed by atoms with Crippen molar-refractivity contribution < 1.29 is 19.5 Å². The lowest BCUT2D eigenvalue weighted by Crippen LogP contribution is -2.36. The van der Waals surface area contributed by atoms with Gasteiger partial charge in [-0.1, -0.05) is 54.4 Å². The Labute approximate surface area is 194 Å². The molecule has 3 aromatic rings. The molecule has 6 nitrogen and oxygen atoms in total. The number of carboxylic acids is 1. The number of carbonyl (C=O) groups is 3. The molecule has 0 aliphatic heterocycles. The van der Waals surface area contributed by atoms with Gasteiger partial charge in [0.2, 0.25) is 5.91 Å². The predicted molar refractivity (Wildman–Crippen MR) is 128 cm³/mol. The number of nitrogens with zero attached hydrogens (tertiary/aromatic N) is 1. The van der Waals surface area contributed by atoms with E-state index < -0.39 is 17.8 Å². The van der Waals surface area contributed by atoms with Gasteiger partial charge in [-0.3, -0.25) is 14.4 Å². The normalized spacial score (nSPS) is 18.4. The van der Waals surface area contributed by atoms with Gasteiger partial charge in [0.05, 0.1) is 27.8 Å². The Balaban J connectivity index is 1.41.